The van der Waals surface area contributed by atoms with Crippen LogP contribution in [0.15, 0.2) is 41.3 Å². The van der Waals surface area contributed by atoms with E-state index in [-0.39, 0.29) is 10.7 Å². The lowest BCUT2D eigenvalue weighted by atomic mass is 10.2. The van der Waals surface area contributed by atoms with Crippen LogP contribution in [-0.2, 0) is 10.0 Å². The molecule has 2 aromatic rings. The second-order valence-electron chi connectivity index (χ2n) is 4.16. The number of halogens is 1. The molecule has 0 unspecified atom stereocenters. The Morgan fingerprint density at radius 1 is 1.16 bits per heavy atom. The molecule has 1 aromatic heterocycles. The van der Waals surface area contributed by atoms with Crippen molar-refractivity contribution in [1.82, 2.24) is 4.98 Å². The number of pyridine rings is 1. The zero-order valence-electron chi connectivity index (χ0n) is 10.5. The lowest BCUT2D eigenvalue weighted by Gasteiger charge is -2.10. The van der Waals surface area contributed by atoms with Crippen LogP contribution in [0.1, 0.15) is 11.1 Å². The van der Waals surface area contributed by atoms with Crippen LogP contribution in [0.2, 0.25) is 5.15 Å². The minimum absolute atomic E-state index is 0.186. The molecular weight excluding hydrogens is 284 g/mol. The molecule has 0 fully saturated rings. The van der Waals surface area contributed by atoms with Crippen molar-refractivity contribution >= 4 is 27.4 Å². The Morgan fingerprint density at radius 3 is 2.37 bits per heavy atom. The molecule has 0 radical (unpaired) electrons. The molecule has 6 heteroatoms. The SMILES string of the molecule is Cc1cc(NS(=O)(=O)c2ccccc2)nc(Cl)c1C. The summed E-state index contributed by atoms with van der Waals surface area (Å²) in [4.78, 5) is 4.21. The van der Waals surface area contributed by atoms with Gasteiger partial charge in [-0.25, -0.2) is 13.4 Å². The first-order valence-corrected chi connectivity index (χ1v) is 7.48. The number of benzene rings is 1. The Hall–Kier alpha value is -1.59. The third-order valence-electron chi connectivity index (χ3n) is 2.77. The second-order valence-corrected chi connectivity index (χ2v) is 6.20. The van der Waals surface area contributed by atoms with E-state index in [0.29, 0.717) is 5.15 Å². The maximum absolute atomic E-state index is 12.1. The summed E-state index contributed by atoms with van der Waals surface area (Å²) < 4.78 is 26.6. The van der Waals surface area contributed by atoms with Crippen LogP contribution in [0.3, 0.4) is 0 Å². The van der Waals surface area contributed by atoms with E-state index in [1.54, 1.807) is 24.3 Å². The lowest BCUT2D eigenvalue weighted by molar-refractivity contribution is 0.601. The van der Waals surface area contributed by atoms with Crippen LogP contribution in [0, 0.1) is 13.8 Å². The van der Waals surface area contributed by atoms with Crippen molar-refractivity contribution in [2.45, 2.75) is 18.7 Å². The normalized spacial score (nSPS) is 11.3. The van der Waals surface area contributed by atoms with Crippen LogP contribution in [0.25, 0.3) is 0 Å². The van der Waals surface area contributed by atoms with Gasteiger partial charge in [0.15, 0.2) is 0 Å². The summed E-state index contributed by atoms with van der Waals surface area (Å²) >= 11 is 5.95. The van der Waals surface area contributed by atoms with E-state index < -0.39 is 10.0 Å². The molecule has 0 spiro atoms. The van der Waals surface area contributed by atoms with Crippen molar-refractivity contribution in [1.29, 1.82) is 0 Å². The average molecular weight is 297 g/mol. The molecule has 0 aliphatic heterocycles. The fourth-order valence-electron chi connectivity index (χ4n) is 1.55. The van der Waals surface area contributed by atoms with Gasteiger partial charge in [-0.15, -0.1) is 0 Å². The van der Waals surface area contributed by atoms with Crippen molar-refractivity contribution in [3.8, 4) is 0 Å². The largest absolute Gasteiger partial charge is 0.263 e. The number of rotatable bonds is 3. The molecule has 0 amide bonds. The maximum atomic E-state index is 12.1. The van der Waals surface area contributed by atoms with Gasteiger partial charge in [-0.1, -0.05) is 29.8 Å². The van der Waals surface area contributed by atoms with Crippen molar-refractivity contribution in [3.05, 3.63) is 52.7 Å². The van der Waals surface area contributed by atoms with Crippen LogP contribution in [0.4, 0.5) is 5.82 Å². The molecule has 100 valence electrons. The highest BCUT2D eigenvalue weighted by Gasteiger charge is 2.15. The monoisotopic (exact) mass is 296 g/mol. The topological polar surface area (TPSA) is 59.1 Å². The Bertz CT molecular complexity index is 677. The number of nitrogens with one attached hydrogen (secondary N) is 1. The molecule has 19 heavy (non-hydrogen) atoms. The van der Waals surface area contributed by atoms with Gasteiger partial charge in [0.2, 0.25) is 0 Å². The van der Waals surface area contributed by atoms with Crippen LogP contribution in [-0.4, -0.2) is 13.4 Å². The molecule has 0 aliphatic rings. The van der Waals surface area contributed by atoms with Gasteiger partial charge >= 0.3 is 0 Å². The first-order valence-electron chi connectivity index (χ1n) is 5.62. The van der Waals surface area contributed by atoms with Gasteiger partial charge in [0, 0.05) is 0 Å². The van der Waals surface area contributed by atoms with Crippen molar-refractivity contribution < 1.29 is 8.42 Å². The molecule has 0 saturated heterocycles. The Balaban J connectivity index is 2.37. The minimum atomic E-state index is -3.63. The average Bonchev–Trinajstić information content (AvgIpc) is 2.36. The molecule has 1 N–H and O–H groups in total. The van der Waals surface area contributed by atoms with E-state index in [2.05, 4.69) is 9.71 Å². The lowest BCUT2D eigenvalue weighted by Crippen LogP contribution is -2.14. The first-order chi connectivity index (χ1) is 8.90. The number of anilines is 1. The Morgan fingerprint density at radius 2 is 1.79 bits per heavy atom. The van der Waals surface area contributed by atoms with Crippen molar-refractivity contribution in [2.75, 3.05) is 4.72 Å². The van der Waals surface area contributed by atoms with E-state index in [0.717, 1.165) is 11.1 Å². The second kappa shape index (κ2) is 5.19. The van der Waals surface area contributed by atoms with Crippen molar-refractivity contribution in [3.63, 3.8) is 0 Å². The van der Waals surface area contributed by atoms with E-state index in [9.17, 15) is 8.42 Å². The summed E-state index contributed by atoms with van der Waals surface area (Å²) in [5, 5.41) is 0.297. The van der Waals surface area contributed by atoms with Gasteiger partial charge in [0.05, 0.1) is 4.90 Å². The molecule has 0 bridgehead atoms. The standard InChI is InChI=1S/C13H13ClN2O2S/c1-9-8-12(15-13(14)10(9)2)16-19(17,18)11-6-4-3-5-7-11/h3-8H,1-2H3,(H,15,16). The molecule has 1 aromatic carbocycles. The van der Waals surface area contributed by atoms with E-state index in [1.165, 1.54) is 12.1 Å². The van der Waals surface area contributed by atoms with E-state index in [1.807, 2.05) is 13.8 Å². The summed E-state index contributed by atoms with van der Waals surface area (Å²) in [5.41, 5.74) is 1.72. The molecule has 2 rings (SSSR count). The summed E-state index contributed by atoms with van der Waals surface area (Å²) in [6.45, 7) is 3.68. The molecule has 0 aliphatic carbocycles. The highest BCUT2D eigenvalue weighted by atomic mass is 35.5. The molecule has 0 saturated carbocycles. The molecule has 0 atom stereocenters. The zero-order valence-corrected chi connectivity index (χ0v) is 12.1. The van der Waals surface area contributed by atoms with Gasteiger partial charge < -0.3 is 0 Å². The summed E-state index contributed by atoms with van der Waals surface area (Å²) in [6.07, 6.45) is 0. The minimum Gasteiger partial charge on any atom is -0.263 e. The van der Waals surface area contributed by atoms with Gasteiger partial charge in [-0.2, -0.15) is 0 Å². The molecular formula is C13H13ClN2O2S. The number of hydrogen-bond acceptors (Lipinski definition) is 3. The Labute approximate surface area is 117 Å². The quantitative estimate of drug-likeness (QED) is 0.885. The van der Waals surface area contributed by atoms with Crippen molar-refractivity contribution in [2.24, 2.45) is 0 Å². The van der Waals surface area contributed by atoms with Gasteiger partial charge in [-0.3, -0.25) is 4.72 Å². The fraction of sp³-hybridized carbons (Fsp3) is 0.154. The molecule has 4 nitrogen and oxygen atoms in total. The highest BCUT2D eigenvalue weighted by molar-refractivity contribution is 7.92. The number of aromatic nitrogens is 1. The van der Waals surface area contributed by atoms with E-state index in [4.69, 9.17) is 11.6 Å². The van der Waals surface area contributed by atoms with Crippen LogP contribution < -0.4 is 4.72 Å². The number of nitrogens with zero attached hydrogens (tertiary/aromatic N) is 1. The number of aryl methyl sites for hydroxylation is 1. The first kappa shape index (κ1) is 13.8. The Kier molecular flexibility index (Phi) is 3.78. The summed E-state index contributed by atoms with van der Waals surface area (Å²) in [7, 11) is -3.63. The molecule has 1 heterocycles. The van der Waals surface area contributed by atoms with Gasteiger partial charge in [0.1, 0.15) is 11.0 Å². The number of hydrogen-bond donors (Lipinski definition) is 1. The van der Waals surface area contributed by atoms with Gasteiger partial charge in [-0.05, 0) is 43.2 Å². The van der Waals surface area contributed by atoms with Crippen LogP contribution in [0.5, 0.6) is 0 Å². The van der Waals surface area contributed by atoms with Gasteiger partial charge in [0.25, 0.3) is 10.0 Å². The summed E-state index contributed by atoms with van der Waals surface area (Å²) in [6, 6.07) is 9.77. The summed E-state index contributed by atoms with van der Waals surface area (Å²) in [5.74, 6) is 0.219. The zero-order chi connectivity index (χ0) is 14.0. The smallest absolute Gasteiger partial charge is 0.263 e. The third-order valence-corrected chi connectivity index (χ3v) is 4.50. The third kappa shape index (κ3) is 3.05. The predicted octanol–water partition coefficient (Wildman–Crippen LogP) is 3.15. The highest BCUT2D eigenvalue weighted by Crippen LogP contribution is 2.22. The number of sulfonamides is 1. The van der Waals surface area contributed by atoms with Crippen LogP contribution >= 0.6 is 11.6 Å². The fourth-order valence-corrected chi connectivity index (χ4v) is 2.80. The van der Waals surface area contributed by atoms with E-state index >= 15 is 0 Å². The predicted molar refractivity (Wildman–Crippen MR) is 76.0 cm³/mol. The maximum Gasteiger partial charge on any atom is 0.263 e.